The molecule has 1 saturated carbocycles. The number of rotatable bonds is 5. The summed E-state index contributed by atoms with van der Waals surface area (Å²) in [5, 5.41) is 9.26. The summed E-state index contributed by atoms with van der Waals surface area (Å²) in [5.74, 6) is 3.63. The van der Waals surface area contributed by atoms with Crippen molar-refractivity contribution >= 4 is 17.5 Å². The maximum atomic E-state index is 12.9. The van der Waals surface area contributed by atoms with Crippen molar-refractivity contribution in [2.75, 3.05) is 19.7 Å². The van der Waals surface area contributed by atoms with Gasteiger partial charge in [0.25, 0.3) is 5.91 Å². The van der Waals surface area contributed by atoms with E-state index in [-0.39, 0.29) is 5.91 Å². The third-order valence-electron chi connectivity index (χ3n) is 6.24. The summed E-state index contributed by atoms with van der Waals surface area (Å²) in [7, 11) is 0. The molecule has 2 aromatic heterocycles. The first kappa shape index (κ1) is 18.9. The van der Waals surface area contributed by atoms with Crippen LogP contribution in [0.2, 0.25) is 5.02 Å². The minimum Gasteiger partial charge on any atom is -0.476 e. The van der Waals surface area contributed by atoms with Crippen LogP contribution in [0.15, 0.2) is 12.3 Å². The molecular weight excluding hydrogens is 390 g/mol. The summed E-state index contributed by atoms with van der Waals surface area (Å²) in [6, 6.07) is 1.68. The third kappa shape index (κ3) is 3.97. The number of aromatic nitrogens is 4. The Morgan fingerprint density at radius 3 is 2.72 bits per heavy atom. The zero-order chi connectivity index (χ0) is 19.8. The Hall–Kier alpha value is -2.15. The molecule has 0 N–H and O–H groups in total. The number of piperidine rings is 1. The Labute approximate surface area is 175 Å². The van der Waals surface area contributed by atoms with Crippen molar-refractivity contribution in [3.8, 4) is 5.88 Å². The number of amides is 1. The lowest BCUT2D eigenvalue weighted by Crippen LogP contribution is -2.38. The first-order valence-corrected chi connectivity index (χ1v) is 11.1. The quantitative estimate of drug-likeness (QED) is 0.747. The molecule has 154 valence electrons. The monoisotopic (exact) mass is 415 g/mol. The van der Waals surface area contributed by atoms with Crippen LogP contribution < -0.4 is 4.74 Å². The van der Waals surface area contributed by atoms with Crippen molar-refractivity contribution in [3.63, 3.8) is 0 Å². The molecule has 0 bridgehead atoms. The van der Waals surface area contributed by atoms with Crippen LogP contribution in [-0.2, 0) is 13.0 Å². The van der Waals surface area contributed by atoms with E-state index in [1.54, 1.807) is 12.3 Å². The number of ether oxygens (including phenoxy) is 1. The summed E-state index contributed by atoms with van der Waals surface area (Å²) >= 11 is 6.30. The maximum Gasteiger partial charge on any atom is 0.255 e. The Bertz CT molecular complexity index is 902. The van der Waals surface area contributed by atoms with Crippen LogP contribution in [0.4, 0.5) is 0 Å². The number of carbonyl (C=O) groups excluding carboxylic acids is 1. The van der Waals surface area contributed by atoms with Crippen molar-refractivity contribution in [2.45, 2.75) is 57.4 Å². The van der Waals surface area contributed by atoms with Crippen LogP contribution >= 0.6 is 11.6 Å². The van der Waals surface area contributed by atoms with E-state index >= 15 is 0 Å². The van der Waals surface area contributed by atoms with E-state index in [9.17, 15) is 4.79 Å². The molecule has 0 aromatic carbocycles. The third-order valence-corrected chi connectivity index (χ3v) is 6.51. The zero-order valence-electron chi connectivity index (χ0n) is 16.5. The van der Waals surface area contributed by atoms with Gasteiger partial charge in [-0.25, -0.2) is 4.98 Å². The van der Waals surface area contributed by atoms with E-state index in [2.05, 4.69) is 19.7 Å². The number of pyridine rings is 1. The molecule has 5 rings (SSSR count). The van der Waals surface area contributed by atoms with Crippen molar-refractivity contribution in [3.05, 3.63) is 34.5 Å². The van der Waals surface area contributed by atoms with E-state index in [4.69, 9.17) is 16.3 Å². The molecule has 1 aliphatic carbocycles. The SMILES string of the molecule is O=C(c1cnc(OCC2CC2)c(Cl)c1)N1CCC(c2nnc3n2CCCC3)CC1. The van der Waals surface area contributed by atoms with Gasteiger partial charge in [-0.15, -0.1) is 10.2 Å². The van der Waals surface area contributed by atoms with Gasteiger partial charge in [0.15, 0.2) is 0 Å². The van der Waals surface area contributed by atoms with Crippen LogP contribution in [0.25, 0.3) is 0 Å². The van der Waals surface area contributed by atoms with Crippen LogP contribution in [0, 0.1) is 5.92 Å². The Balaban J connectivity index is 1.21. The highest BCUT2D eigenvalue weighted by atomic mass is 35.5. The van der Waals surface area contributed by atoms with E-state index < -0.39 is 0 Å². The minimum atomic E-state index is -0.0186. The molecule has 7 nitrogen and oxygen atoms in total. The largest absolute Gasteiger partial charge is 0.476 e. The molecule has 2 fully saturated rings. The Kier molecular flexibility index (Phi) is 5.16. The standard InChI is InChI=1S/C21H26ClN5O2/c22-17-11-16(12-23-20(17)29-13-14-4-5-14)21(28)26-9-6-15(7-10-26)19-25-24-18-3-1-2-8-27(18)19/h11-12,14-15H,1-10,13H2. The molecule has 2 aliphatic heterocycles. The number of hydrogen-bond donors (Lipinski definition) is 0. The summed E-state index contributed by atoms with van der Waals surface area (Å²) in [4.78, 5) is 19.1. The van der Waals surface area contributed by atoms with Crippen molar-refractivity contribution in [1.29, 1.82) is 0 Å². The number of hydrogen-bond acceptors (Lipinski definition) is 5. The lowest BCUT2D eigenvalue weighted by atomic mass is 9.95. The van der Waals surface area contributed by atoms with Crippen molar-refractivity contribution in [1.82, 2.24) is 24.6 Å². The second-order valence-corrected chi connectivity index (χ2v) is 8.82. The predicted octanol–water partition coefficient (Wildman–Crippen LogP) is 3.47. The minimum absolute atomic E-state index is 0.0186. The van der Waals surface area contributed by atoms with Crippen LogP contribution in [0.3, 0.4) is 0 Å². The second-order valence-electron chi connectivity index (χ2n) is 8.41. The average molecular weight is 416 g/mol. The van der Waals surface area contributed by atoms with Gasteiger partial charge in [0.2, 0.25) is 5.88 Å². The Morgan fingerprint density at radius 2 is 1.97 bits per heavy atom. The molecule has 0 unspecified atom stereocenters. The smallest absolute Gasteiger partial charge is 0.255 e. The number of aryl methyl sites for hydroxylation is 1. The van der Waals surface area contributed by atoms with Gasteiger partial charge in [-0.05, 0) is 50.5 Å². The van der Waals surface area contributed by atoms with Gasteiger partial charge in [-0.1, -0.05) is 11.6 Å². The fourth-order valence-corrected chi connectivity index (χ4v) is 4.51. The van der Waals surface area contributed by atoms with Crippen LogP contribution in [0.1, 0.15) is 66.4 Å². The highest BCUT2D eigenvalue weighted by Crippen LogP contribution is 2.32. The first-order valence-electron chi connectivity index (χ1n) is 10.7. The zero-order valence-corrected chi connectivity index (χ0v) is 17.3. The van der Waals surface area contributed by atoms with Crippen molar-refractivity contribution < 1.29 is 9.53 Å². The number of nitrogens with zero attached hydrogens (tertiary/aromatic N) is 5. The number of fused-ring (bicyclic) bond motifs is 1. The lowest BCUT2D eigenvalue weighted by molar-refractivity contribution is 0.0709. The molecule has 0 spiro atoms. The van der Waals surface area contributed by atoms with Gasteiger partial charge in [0.05, 0.1) is 12.2 Å². The first-order chi connectivity index (χ1) is 14.2. The molecule has 0 atom stereocenters. The normalized spacial score (nSPS) is 19.8. The lowest BCUT2D eigenvalue weighted by Gasteiger charge is -2.32. The topological polar surface area (TPSA) is 73.1 Å². The fourth-order valence-electron chi connectivity index (χ4n) is 4.29. The average Bonchev–Trinajstić information content (AvgIpc) is 3.49. The summed E-state index contributed by atoms with van der Waals surface area (Å²) in [6.45, 7) is 3.10. The molecule has 1 amide bonds. The van der Waals surface area contributed by atoms with E-state index in [0.29, 0.717) is 48.0 Å². The van der Waals surface area contributed by atoms with Gasteiger partial charge in [-0.2, -0.15) is 0 Å². The molecule has 4 heterocycles. The summed E-state index contributed by atoms with van der Waals surface area (Å²) in [6.07, 6.45) is 9.25. The van der Waals surface area contributed by atoms with E-state index in [1.807, 2.05) is 4.90 Å². The summed E-state index contributed by atoms with van der Waals surface area (Å²) < 4.78 is 7.96. The van der Waals surface area contributed by atoms with Gasteiger partial charge >= 0.3 is 0 Å². The Morgan fingerprint density at radius 1 is 1.14 bits per heavy atom. The van der Waals surface area contributed by atoms with Gasteiger partial charge in [0.1, 0.15) is 16.7 Å². The van der Waals surface area contributed by atoms with E-state index in [1.165, 1.54) is 25.7 Å². The molecule has 1 saturated heterocycles. The van der Waals surface area contributed by atoms with Gasteiger partial charge in [0, 0.05) is 38.2 Å². The van der Waals surface area contributed by atoms with Crippen LogP contribution in [-0.4, -0.2) is 50.3 Å². The molecule has 29 heavy (non-hydrogen) atoms. The van der Waals surface area contributed by atoms with Gasteiger partial charge in [-0.3, -0.25) is 4.79 Å². The molecule has 3 aliphatic rings. The van der Waals surface area contributed by atoms with Crippen molar-refractivity contribution in [2.24, 2.45) is 5.92 Å². The highest BCUT2D eigenvalue weighted by Gasteiger charge is 2.29. The van der Waals surface area contributed by atoms with Crippen LogP contribution in [0.5, 0.6) is 5.88 Å². The molecule has 2 aromatic rings. The summed E-state index contributed by atoms with van der Waals surface area (Å²) in [5.41, 5.74) is 0.520. The molecule has 0 radical (unpaired) electrons. The number of halogens is 1. The molecular formula is C21H26ClN5O2. The van der Waals surface area contributed by atoms with E-state index in [0.717, 1.165) is 37.5 Å². The predicted molar refractivity (Wildman–Crippen MR) is 108 cm³/mol. The second kappa shape index (κ2) is 7.94. The molecule has 8 heteroatoms. The maximum absolute atomic E-state index is 12.9. The highest BCUT2D eigenvalue weighted by molar-refractivity contribution is 6.32. The number of likely N-dealkylation sites (tertiary alicyclic amines) is 1. The number of carbonyl (C=O) groups is 1. The van der Waals surface area contributed by atoms with Gasteiger partial charge < -0.3 is 14.2 Å². The fraction of sp³-hybridized carbons (Fsp3) is 0.619.